The van der Waals surface area contributed by atoms with Crippen LogP contribution in [0.4, 0.5) is 0 Å². The Morgan fingerprint density at radius 3 is 2.14 bits per heavy atom. The molecule has 0 aliphatic heterocycles. The second-order valence-corrected chi connectivity index (χ2v) is 6.60. The average Bonchev–Trinajstić information content (AvgIpc) is 2.36. The average molecular weight is 301 g/mol. The standard InChI is InChI=1S/C16H35N3O2/c1-7-16(15(20)21,17-14(2)3)10-8-12-19(6)13-9-11-18(4)5/h14,17H,7-13H2,1-6H3,(H,20,21). The van der Waals surface area contributed by atoms with E-state index in [2.05, 4.69) is 36.3 Å². The van der Waals surface area contributed by atoms with Gasteiger partial charge in [0, 0.05) is 6.04 Å². The number of nitrogens with zero attached hydrogens (tertiary/aromatic N) is 2. The van der Waals surface area contributed by atoms with Crippen molar-refractivity contribution in [1.29, 1.82) is 0 Å². The van der Waals surface area contributed by atoms with Crippen LogP contribution < -0.4 is 5.32 Å². The third-order valence-corrected chi connectivity index (χ3v) is 3.87. The molecule has 0 spiro atoms. The lowest BCUT2D eigenvalue weighted by atomic mass is 9.89. The van der Waals surface area contributed by atoms with Gasteiger partial charge in [-0.1, -0.05) is 6.92 Å². The first-order valence-corrected chi connectivity index (χ1v) is 8.08. The number of carbonyl (C=O) groups is 1. The van der Waals surface area contributed by atoms with Crippen molar-refractivity contribution in [3.05, 3.63) is 0 Å². The number of hydrogen-bond acceptors (Lipinski definition) is 4. The van der Waals surface area contributed by atoms with Crippen LogP contribution in [0.1, 0.15) is 46.5 Å². The highest BCUT2D eigenvalue weighted by Crippen LogP contribution is 2.19. The SMILES string of the molecule is CCC(CCCN(C)CCCN(C)C)(NC(C)C)C(=O)O. The molecule has 0 bridgehead atoms. The fourth-order valence-electron chi connectivity index (χ4n) is 2.64. The van der Waals surface area contributed by atoms with Crippen LogP contribution in [0, 0.1) is 0 Å². The van der Waals surface area contributed by atoms with Crippen molar-refractivity contribution in [1.82, 2.24) is 15.1 Å². The van der Waals surface area contributed by atoms with Crippen LogP contribution in [0.5, 0.6) is 0 Å². The number of hydrogen-bond donors (Lipinski definition) is 2. The number of nitrogens with one attached hydrogen (secondary N) is 1. The zero-order valence-corrected chi connectivity index (χ0v) is 14.8. The number of carboxylic acid groups (broad SMARTS) is 1. The Kier molecular flexibility index (Phi) is 9.83. The van der Waals surface area contributed by atoms with E-state index in [9.17, 15) is 9.90 Å². The van der Waals surface area contributed by atoms with E-state index >= 15 is 0 Å². The highest BCUT2D eigenvalue weighted by atomic mass is 16.4. The first-order valence-electron chi connectivity index (χ1n) is 8.08. The molecule has 0 saturated heterocycles. The van der Waals surface area contributed by atoms with Gasteiger partial charge in [-0.15, -0.1) is 0 Å². The van der Waals surface area contributed by atoms with Crippen LogP contribution >= 0.6 is 0 Å². The second kappa shape index (κ2) is 10.1. The second-order valence-electron chi connectivity index (χ2n) is 6.60. The highest BCUT2D eigenvalue weighted by molar-refractivity contribution is 5.78. The van der Waals surface area contributed by atoms with E-state index in [-0.39, 0.29) is 6.04 Å². The maximum absolute atomic E-state index is 11.6. The van der Waals surface area contributed by atoms with E-state index in [1.54, 1.807) is 0 Å². The van der Waals surface area contributed by atoms with Crippen molar-refractivity contribution in [2.24, 2.45) is 0 Å². The third kappa shape index (κ3) is 8.39. The van der Waals surface area contributed by atoms with Gasteiger partial charge in [0.15, 0.2) is 0 Å². The van der Waals surface area contributed by atoms with Gasteiger partial charge in [-0.2, -0.15) is 0 Å². The number of aliphatic carboxylic acids is 1. The molecule has 0 fully saturated rings. The van der Waals surface area contributed by atoms with E-state index in [0.717, 1.165) is 32.5 Å². The van der Waals surface area contributed by atoms with Crippen molar-refractivity contribution in [2.75, 3.05) is 40.8 Å². The molecule has 0 aromatic heterocycles. The highest BCUT2D eigenvalue weighted by Gasteiger charge is 2.36. The topological polar surface area (TPSA) is 55.8 Å². The van der Waals surface area contributed by atoms with Crippen LogP contribution in [0.3, 0.4) is 0 Å². The zero-order chi connectivity index (χ0) is 16.5. The minimum atomic E-state index is -0.779. The number of rotatable bonds is 12. The Bertz CT molecular complexity index is 295. The zero-order valence-electron chi connectivity index (χ0n) is 14.8. The van der Waals surface area contributed by atoms with Gasteiger partial charge in [0.1, 0.15) is 5.54 Å². The fraction of sp³-hybridized carbons (Fsp3) is 0.938. The molecule has 0 amide bonds. The smallest absolute Gasteiger partial charge is 0.323 e. The largest absolute Gasteiger partial charge is 0.480 e. The molecular formula is C16H35N3O2. The van der Waals surface area contributed by atoms with Crippen LogP contribution in [0.2, 0.25) is 0 Å². The predicted octanol–water partition coefficient (Wildman–Crippen LogP) is 1.88. The summed E-state index contributed by atoms with van der Waals surface area (Å²) >= 11 is 0. The Hall–Kier alpha value is -0.650. The lowest BCUT2D eigenvalue weighted by Gasteiger charge is -2.32. The molecule has 1 atom stereocenters. The monoisotopic (exact) mass is 301 g/mol. The minimum Gasteiger partial charge on any atom is -0.480 e. The summed E-state index contributed by atoms with van der Waals surface area (Å²) in [6.07, 6.45) is 3.34. The third-order valence-electron chi connectivity index (χ3n) is 3.87. The fourth-order valence-corrected chi connectivity index (χ4v) is 2.64. The molecule has 5 nitrogen and oxygen atoms in total. The van der Waals surface area contributed by atoms with Gasteiger partial charge in [0.05, 0.1) is 0 Å². The number of carboxylic acids is 1. The van der Waals surface area contributed by atoms with Gasteiger partial charge < -0.3 is 14.9 Å². The molecule has 0 aliphatic carbocycles. The van der Waals surface area contributed by atoms with Gasteiger partial charge in [0.25, 0.3) is 0 Å². The van der Waals surface area contributed by atoms with Crippen LogP contribution in [-0.2, 0) is 4.79 Å². The summed E-state index contributed by atoms with van der Waals surface area (Å²) in [5.74, 6) is -0.728. The Morgan fingerprint density at radius 1 is 1.14 bits per heavy atom. The van der Waals surface area contributed by atoms with Gasteiger partial charge in [-0.05, 0) is 80.3 Å². The summed E-state index contributed by atoms with van der Waals surface area (Å²) in [7, 11) is 6.28. The van der Waals surface area contributed by atoms with Crippen LogP contribution in [0.25, 0.3) is 0 Å². The molecular weight excluding hydrogens is 266 g/mol. The van der Waals surface area contributed by atoms with E-state index in [1.807, 2.05) is 20.8 Å². The molecule has 0 aromatic carbocycles. The van der Waals surface area contributed by atoms with E-state index < -0.39 is 11.5 Å². The summed E-state index contributed by atoms with van der Waals surface area (Å²) in [6.45, 7) is 9.04. The van der Waals surface area contributed by atoms with Gasteiger partial charge in [-0.25, -0.2) is 0 Å². The Labute approximate surface area is 130 Å². The van der Waals surface area contributed by atoms with E-state index in [0.29, 0.717) is 12.8 Å². The molecule has 0 aliphatic rings. The van der Waals surface area contributed by atoms with Gasteiger partial charge >= 0.3 is 5.97 Å². The van der Waals surface area contributed by atoms with Crippen molar-refractivity contribution >= 4 is 5.97 Å². The van der Waals surface area contributed by atoms with Gasteiger partial charge in [0.2, 0.25) is 0 Å². The molecule has 0 radical (unpaired) electrons. The van der Waals surface area contributed by atoms with Crippen molar-refractivity contribution in [3.8, 4) is 0 Å². The molecule has 0 aromatic rings. The molecule has 1 unspecified atom stereocenters. The summed E-state index contributed by atoms with van der Waals surface area (Å²) in [5, 5.41) is 12.8. The maximum atomic E-state index is 11.6. The normalized spacial score (nSPS) is 14.9. The summed E-state index contributed by atoms with van der Waals surface area (Å²) in [4.78, 5) is 16.1. The molecule has 21 heavy (non-hydrogen) atoms. The molecule has 2 N–H and O–H groups in total. The van der Waals surface area contributed by atoms with E-state index in [4.69, 9.17) is 0 Å². The lowest BCUT2D eigenvalue weighted by Crippen LogP contribution is -2.54. The first kappa shape index (κ1) is 20.3. The Morgan fingerprint density at radius 2 is 1.71 bits per heavy atom. The molecule has 0 saturated carbocycles. The molecule has 5 heteroatoms. The van der Waals surface area contributed by atoms with Gasteiger partial charge in [-0.3, -0.25) is 10.1 Å². The quantitative estimate of drug-likeness (QED) is 0.576. The summed E-state index contributed by atoms with van der Waals surface area (Å²) in [6, 6.07) is 0.180. The molecule has 126 valence electrons. The summed E-state index contributed by atoms with van der Waals surface area (Å²) in [5.41, 5.74) is -0.779. The molecule has 0 rings (SSSR count). The minimum absolute atomic E-state index is 0.180. The molecule has 0 heterocycles. The van der Waals surface area contributed by atoms with E-state index in [1.165, 1.54) is 0 Å². The Balaban J connectivity index is 4.21. The summed E-state index contributed by atoms with van der Waals surface area (Å²) < 4.78 is 0. The van der Waals surface area contributed by atoms with Crippen molar-refractivity contribution in [2.45, 2.75) is 58.0 Å². The predicted molar refractivity (Wildman–Crippen MR) is 88.8 cm³/mol. The maximum Gasteiger partial charge on any atom is 0.323 e. The van der Waals surface area contributed by atoms with Crippen LogP contribution in [0.15, 0.2) is 0 Å². The van der Waals surface area contributed by atoms with Crippen molar-refractivity contribution in [3.63, 3.8) is 0 Å². The van der Waals surface area contributed by atoms with Crippen LogP contribution in [-0.4, -0.2) is 73.2 Å². The first-order chi connectivity index (χ1) is 9.73. The lowest BCUT2D eigenvalue weighted by molar-refractivity contribution is -0.145. The van der Waals surface area contributed by atoms with Crippen molar-refractivity contribution < 1.29 is 9.90 Å².